The number of alkyl carbamates (subject to hydrolysis) is 1. The number of amides is 1. The van der Waals surface area contributed by atoms with Crippen molar-refractivity contribution in [3.63, 3.8) is 0 Å². The summed E-state index contributed by atoms with van der Waals surface area (Å²) in [6.45, 7) is 4.60. The molecule has 2 aromatic rings. The fourth-order valence-corrected chi connectivity index (χ4v) is 2.32. The molecule has 0 aliphatic carbocycles. The average molecular weight is 284 g/mol. The van der Waals surface area contributed by atoms with Gasteiger partial charge in [-0.05, 0) is 16.3 Å². The number of hydrogen-bond acceptors (Lipinski definition) is 3. The van der Waals surface area contributed by atoms with Crippen LogP contribution in [0.4, 0.5) is 4.79 Å². The van der Waals surface area contributed by atoms with Crippen molar-refractivity contribution in [1.82, 2.24) is 5.32 Å². The van der Waals surface area contributed by atoms with Crippen molar-refractivity contribution in [1.29, 1.82) is 0 Å². The summed E-state index contributed by atoms with van der Waals surface area (Å²) >= 11 is 0. The van der Waals surface area contributed by atoms with Gasteiger partial charge in [-0.15, -0.1) is 0 Å². The SMILES string of the molecule is C=CCOC(=O)NC[C@@H](CN)c1cccc2ccccc12. The molecule has 0 heterocycles. The van der Waals surface area contributed by atoms with E-state index in [1.807, 2.05) is 18.2 Å². The van der Waals surface area contributed by atoms with Gasteiger partial charge in [-0.3, -0.25) is 0 Å². The van der Waals surface area contributed by atoms with Crippen LogP contribution in [0.1, 0.15) is 11.5 Å². The second-order valence-electron chi connectivity index (χ2n) is 4.77. The van der Waals surface area contributed by atoms with Crippen LogP contribution in [-0.2, 0) is 4.74 Å². The predicted octanol–water partition coefficient (Wildman–Crippen LogP) is 2.79. The van der Waals surface area contributed by atoms with E-state index in [1.54, 1.807) is 0 Å². The Bertz CT molecular complexity index is 620. The standard InChI is InChI=1S/C17H20N2O2/c1-2-10-21-17(20)19-12-14(11-18)16-9-5-7-13-6-3-4-8-15(13)16/h2-9,14H,1,10-12,18H2,(H,19,20)/t14-/m1/s1. The number of nitrogens with one attached hydrogen (secondary N) is 1. The van der Waals surface area contributed by atoms with Gasteiger partial charge in [0, 0.05) is 19.0 Å². The van der Waals surface area contributed by atoms with Gasteiger partial charge in [-0.1, -0.05) is 55.1 Å². The van der Waals surface area contributed by atoms with E-state index in [-0.39, 0.29) is 12.5 Å². The Hall–Kier alpha value is -2.33. The molecule has 1 amide bonds. The number of rotatable bonds is 6. The van der Waals surface area contributed by atoms with E-state index in [0.717, 1.165) is 10.9 Å². The second-order valence-corrected chi connectivity index (χ2v) is 4.77. The highest BCUT2D eigenvalue weighted by Crippen LogP contribution is 2.24. The van der Waals surface area contributed by atoms with E-state index < -0.39 is 6.09 Å². The van der Waals surface area contributed by atoms with E-state index in [9.17, 15) is 4.79 Å². The van der Waals surface area contributed by atoms with Gasteiger partial charge in [0.25, 0.3) is 0 Å². The van der Waals surface area contributed by atoms with Gasteiger partial charge >= 0.3 is 6.09 Å². The maximum Gasteiger partial charge on any atom is 0.407 e. The molecule has 0 fully saturated rings. The number of benzene rings is 2. The second kappa shape index (κ2) is 7.45. The molecule has 0 aliphatic rings. The average Bonchev–Trinajstić information content (AvgIpc) is 2.53. The van der Waals surface area contributed by atoms with Gasteiger partial charge in [0.15, 0.2) is 0 Å². The maximum absolute atomic E-state index is 11.5. The van der Waals surface area contributed by atoms with Gasteiger partial charge in [0.2, 0.25) is 0 Å². The first-order valence-electron chi connectivity index (χ1n) is 6.95. The minimum absolute atomic E-state index is 0.0485. The van der Waals surface area contributed by atoms with Crippen LogP contribution in [0.25, 0.3) is 10.8 Å². The Morgan fingerprint density at radius 3 is 2.81 bits per heavy atom. The molecule has 1 atom stereocenters. The Morgan fingerprint density at radius 2 is 2.05 bits per heavy atom. The largest absolute Gasteiger partial charge is 0.445 e. The van der Waals surface area contributed by atoms with Gasteiger partial charge in [-0.2, -0.15) is 0 Å². The lowest BCUT2D eigenvalue weighted by atomic mass is 9.93. The van der Waals surface area contributed by atoms with E-state index in [4.69, 9.17) is 10.5 Å². The molecule has 0 radical (unpaired) electrons. The monoisotopic (exact) mass is 284 g/mol. The molecule has 0 saturated carbocycles. The molecule has 3 N–H and O–H groups in total. The van der Waals surface area contributed by atoms with Crippen molar-refractivity contribution in [2.24, 2.45) is 5.73 Å². The Morgan fingerprint density at radius 1 is 1.29 bits per heavy atom. The summed E-state index contributed by atoms with van der Waals surface area (Å²) < 4.78 is 4.90. The highest BCUT2D eigenvalue weighted by Gasteiger charge is 2.14. The van der Waals surface area contributed by atoms with Crippen molar-refractivity contribution in [3.05, 3.63) is 60.7 Å². The Balaban J connectivity index is 2.12. The molecule has 110 valence electrons. The molecule has 21 heavy (non-hydrogen) atoms. The molecule has 0 bridgehead atoms. The highest BCUT2D eigenvalue weighted by atomic mass is 16.5. The number of hydrogen-bond donors (Lipinski definition) is 2. The Kier molecular flexibility index (Phi) is 5.35. The summed E-state index contributed by atoms with van der Waals surface area (Å²) in [6.07, 6.45) is 1.08. The first kappa shape index (κ1) is 15.1. The lowest BCUT2D eigenvalue weighted by Gasteiger charge is -2.18. The molecule has 0 aliphatic heterocycles. The topological polar surface area (TPSA) is 64.3 Å². The molecule has 0 spiro atoms. The molecule has 0 aromatic heterocycles. The van der Waals surface area contributed by atoms with Gasteiger partial charge in [-0.25, -0.2) is 4.79 Å². The molecular formula is C17H20N2O2. The van der Waals surface area contributed by atoms with Crippen LogP contribution in [0.5, 0.6) is 0 Å². The fourth-order valence-electron chi connectivity index (χ4n) is 2.32. The van der Waals surface area contributed by atoms with Crippen molar-refractivity contribution >= 4 is 16.9 Å². The number of carbonyl (C=O) groups is 1. The first-order chi connectivity index (χ1) is 10.3. The maximum atomic E-state index is 11.5. The van der Waals surface area contributed by atoms with Gasteiger partial charge < -0.3 is 15.8 Å². The zero-order valence-electron chi connectivity index (χ0n) is 11.9. The molecule has 4 heteroatoms. The van der Waals surface area contributed by atoms with Gasteiger partial charge in [0.1, 0.15) is 6.61 Å². The lowest BCUT2D eigenvalue weighted by molar-refractivity contribution is 0.157. The molecule has 4 nitrogen and oxygen atoms in total. The molecule has 2 rings (SSSR count). The number of nitrogens with two attached hydrogens (primary N) is 1. The normalized spacial score (nSPS) is 11.9. The third kappa shape index (κ3) is 3.83. The summed E-state index contributed by atoms with van der Waals surface area (Å²) in [7, 11) is 0. The van der Waals surface area contributed by atoms with Gasteiger partial charge in [0.05, 0.1) is 0 Å². The number of carbonyl (C=O) groups excluding carboxylic acids is 1. The van der Waals surface area contributed by atoms with E-state index in [0.29, 0.717) is 13.1 Å². The molecule has 0 unspecified atom stereocenters. The number of ether oxygens (including phenoxy) is 1. The van der Waals surface area contributed by atoms with E-state index in [2.05, 4.69) is 36.2 Å². The first-order valence-corrected chi connectivity index (χ1v) is 6.95. The summed E-state index contributed by atoms with van der Waals surface area (Å²) in [5.74, 6) is 0.0485. The minimum Gasteiger partial charge on any atom is -0.445 e. The van der Waals surface area contributed by atoms with Crippen LogP contribution >= 0.6 is 0 Å². The van der Waals surface area contributed by atoms with Crippen molar-refractivity contribution in [2.75, 3.05) is 19.7 Å². The van der Waals surface area contributed by atoms with Crippen LogP contribution in [0.15, 0.2) is 55.1 Å². The third-order valence-corrected chi connectivity index (χ3v) is 3.37. The summed E-state index contributed by atoms with van der Waals surface area (Å²) in [5, 5.41) is 5.08. The Labute approximate surface area is 124 Å². The fraction of sp³-hybridized carbons (Fsp3) is 0.235. The van der Waals surface area contributed by atoms with Crippen LogP contribution < -0.4 is 11.1 Å². The van der Waals surface area contributed by atoms with E-state index in [1.165, 1.54) is 11.5 Å². The third-order valence-electron chi connectivity index (χ3n) is 3.37. The summed E-state index contributed by atoms with van der Waals surface area (Å²) in [6, 6.07) is 14.3. The minimum atomic E-state index is -0.450. The van der Waals surface area contributed by atoms with Crippen molar-refractivity contribution < 1.29 is 9.53 Å². The summed E-state index contributed by atoms with van der Waals surface area (Å²) in [5.41, 5.74) is 7.01. The van der Waals surface area contributed by atoms with Crippen molar-refractivity contribution in [2.45, 2.75) is 5.92 Å². The molecular weight excluding hydrogens is 264 g/mol. The van der Waals surface area contributed by atoms with Crippen molar-refractivity contribution in [3.8, 4) is 0 Å². The molecule has 2 aromatic carbocycles. The van der Waals surface area contributed by atoms with E-state index >= 15 is 0 Å². The molecule has 0 saturated heterocycles. The van der Waals surface area contributed by atoms with Crippen LogP contribution in [-0.4, -0.2) is 25.8 Å². The zero-order chi connectivity index (χ0) is 15.1. The van der Waals surface area contributed by atoms with Crippen LogP contribution in [0, 0.1) is 0 Å². The number of fused-ring (bicyclic) bond motifs is 1. The van der Waals surface area contributed by atoms with Crippen LogP contribution in [0.3, 0.4) is 0 Å². The smallest absolute Gasteiger partial charge is 0.407 e. The van der Waals surface area contributed by atoms with Crippen LogP contribution in [0.2, 0.25) is 0 Å². The predicted molar refractivity (Wildman–Crippen MR) is 85.3 cm³/mol. The zero-order valence-corrected chi connectivity index (χ0v) is 11.9. The summed E-state index contributed by atoms with van der Waals surface area (Å²) in [4.78, 5) is 11.5. The highest BCUT2D eigenvalue weighted by molar-refractivity contribution is 5.86. The quantitative estimate of drug-likeness (QED) is 0.802. The lowest BCUT2D eigenvalue weighted by Crippen LogP contribution is -2.32.